The van der Waals surface area contributed by atoms with Crippen molar-refractivity contribution in [3.8, 4) is 0 Å². The maximum absolute atomic E-state index is 10.3. The molecule has 30 heavy (non-hydrogen) atoms. The molecule has 0 radical (unpaired) electrons. The van der Waals surface area contributed by atoms with Crippen LogP contribution in [-0.2, 0) is 18.9 Å². The quantitative estimate of drug-likeness (QED) is 0.424. The summed E-state index contributed by atoms with van der Waals surface area (Å²) in [6.45, 7) is 3.84. The Labute approximate surface area is 183 Å². The van der Waals surface area contributed by atoms with E-state index in [2.05, 4.69) is 6.92 Å². The Morgan fingerprint density at radius 2 is 1.33 bits per heavy atom. The van der Waals surface area contributed by atoms with Crippen molar-refractivity contribution in [2.45, 2.75) is 140 Å². The first kappa shape index (κ1) is 23.0. The number of aliphatic hydroxyl groups is 1. The van der Waals surface area contributed by atoms with Gasteiger partial charge in [-0.2, -0.15) is 0 Å². The molecule has 5 heteroatoms. The molecule has 0 aromatic rings. The van der Waals surface area contributed by atoms with Gasteiger partial charge in [-0.05, 0) is 83.5 Å². The summed E-state index contributed by atoms with van der Waals surface area (Å²) >= 11 is 0. The molecule has 5 nitrogen and oxygen atoms in total. The molecule has 2 aliphatic carbocycles. The second kappa shape index (κ2) is 10.6. The molecule has 2 heterocycles. The van der Waals surface area contributed by atoms with E-state index >= 15 is 0 Å². The van der Waals surface area contributed by atoms with Crippen LogP contribution in [0.5, 0.6) is 0 Å². The second-order valence-corrected chi connectivity index (χ2v) is 10.2. The van der Waals surface area contributed by atoms with Crippen LogP contribution >= 0.6 is 0 Å². The Morgan fingerprint density at radius 1 is 0.800 bits per heavy atom. The van der Waals surface area contributed by atoms with Crippen molar-refractivity contribution in [3.63, 3.8) is 0 Å². The topological polar surface area (TPSA) is 57.2 Å². The fraction of sp³-hybridized carbons (Fsp3) is 1.00. The van der Waals surface area contributed by atoms with Crippen LogP contribution in [0.1, 0.15) is 110 Å². The summed E-state index contributed by atoms with van der Waals surface area (Å²) in [7, 11) is 0. The van der Waals surface area contributed by atoms with E-state index in [4.69, 9.17) is 18.9 Å². The first-order valence-electron chi connectivity index (χ1n) is 12.9. The summed E-state index contributed by atoms with van der Waals surface area (Å²) in [6, 6.07) is 0. The van der Waals surface area contributed by atoms with Gasteiger partial charge in [0.25, 0.3) is 0 Å². The fourth-order valence-electron chi connectivity index (χ4n) is 5.62. The molecular weight excluding hydrogens is 380 g/mol. The number of aliphatic hydroxyl groups excluding tert-OH is 1. The van der Waals surface area contributed by atoms with Gasteiger partial charge >= 0.3 is 0 Å². The maximum Gasteiger partial charge on any atom is 0.158 e. The molecule has 0 bridgehead atoms. The lowest BCUT2D eigenvalue weighted by Crippen LogP contribution is -2.44. The van der Waals surface area contributed by atoms with E-state index in [1.54, 1.807) is 0 Å². The summed E-state index contributed by atoms with van der Waals surface area (Å²) in [5, 5.41) is 10.3. The van der Waals surface area contributed by atoms with E-state index < -0.39 is 0 Å². The van der Waals surface area contributed by atoms with Crippen LogP contribution in [-0.4, -0.2) is 48.2 Å². The van der Waals surface area contributed by atoms with Gasteiger partial charge in [-0.3, -0.25) is 0 Å². The van der Waals surface area contributed by atoms with Crippen molar-refractivity contribution in [1.82, 2.24) is 0 Å². The van der Waals surface area contributed by atoms with Crippen molar-refractivity contribution in [2.24, 2.45) is 5.92 Å². The molecule has 3 atom stereocenters. The lowest BCUT2D eigenvalue weighted by atomic mass is 9.85. The standard InChI is InChI=1S/C25H44O5/c1-2-3-9-20(26)10-8-11-21(24(14-15-24)29-22-12-4-6-18-27-22)25(16-17-25)30-23-13-5-7-19-28-23/h20-23,26H,2-19H2,1H3. The molecule has 0 amide bonds. The van der Waals surface area contributed by atoms with Crippen LogP contribution in [0.4, 0.5) is 0 Å². The molecule has 1 N–H and O–H groups in total. The highest BCUT2D eigenvalue weighted by atomic mass is 16.7. The van der Waals surface area contributed by atoms with E-state index in [1.165, 1.54) is 12.8 Å². The number of hydrogen-bond acceptors (Lipinski definition) is 5. The largest absolute Gasteiger partial charge is 0.393 e. The van der Waals surface area contributed by atoms with E-state index in [-0.39, 0.29) is 29.9 Å². The molecule has 0 spiro atoms. The van der Waals surface area contributed by atoms with Gasteiger partial charge in [0.15, 0.2) is 12.6 Å². The predicted octanol–water partition coefficient (Wildman–Crippen LogP) is 5.48. The van der Waals surface area contributed by atoms with Gasteiger partial charge in [0.05, 0.1) is 17.3 Å². The highest BCUT2D eigenvalue weighted by Crippen LogP contribution is 2.61. The SMILES string of the molecule is CCCCC(O)CCCC(C1(OC2CCCCO2)CC1)C1(OC2CCCCO2)CC1. The molecule has 2 saturated carbocycles. The Morgan fingerprint density at radius 3 is 1.77 bits per heavy atom. The minimum absolute atomic E-state index is 0.0411. The van der Waals surface area contributed by atoms with Crippen LogP contribution in [0.25, 0.3) is 0 Å². The molecule has 4 aliphatic rings. The van der Waals surface area contributed by atoms with Crippen molar-refractivity contribution in [2.75, 3.05) is 13.2 Å². The number of ether oxygens (including phenoxy) is 4. The smallest absolute Gasteiger partial charge is 0.158 e. The van der Waals surface area contributed by atoms with Crippen molar-refractivity contribution >= 4 is 0 Å². The molecule has 4 fully saturated rings. The molecular formula is C25H44O5. The van der Waals surface area contributed by atoms with Crippen molar-refractivity contribution < 1.29 is 24.1 Å². The highest BCUT2D eigenvalue weighted by Gasteiger charge is 2.64. The van der Waals surface area contributed by atoms with Gasteiger partial charge in [-0.1, -0.05) is 26.2 Å². The van der Waals surface area contributed by atoms with Gasteiger partial charge < -0.3 is 24.1 Å². The van der Waals surface area contributed by atoms with Crippen molar-refractivity contribution in [1.29, 1.82) is 0 Å². The zero-order chi connectivity index (χ0) is 20.9. The highest BCUT2D eigenvalue weighted by molar-refractivity contribution is 5.15. The maximum atomic E-state index is 10.3. The third-order valence-corrected chi connectivity index (χ3v) is 7.68. The second-order valence-electron chi connectivity index (χ2n) is 10.2. The monoisotopic (exact) mass is 424 g/mol. The third kappa shape index (κ3) is 5.98. The third-order valence-electron chi connectivity index (χ3n) is 7.68. The van der Waals surface area contributed by atoms with Gasteiger partial charge in [0.2, 0.25) is 0 Å². The Bertz CT molecular complexity index is 468. The van der Waals surface area contributed by atoms with Crippen LogP contribution in [0.15, 0.2) is 0 Å². The average Bonchev–Trinajstić information content (AvgIpc) is 3.70. The Kier molecular flexibility index (Phi) is 8.13. The lowest BCUT2D eigenvalue weighted by Gasteiger charge is -2.39. The summed E-state index contributed by atoms with van der Waals surface area (Å²) in [6.07, 6.45) is 17.2. The van der Waals surface area contributed by atoms with E-state index in [0.29, 0.717) is 5.92 Å². The fourth-order valence-corrected chi connectivity index (χ4v) is 5.62. The summed E-state index contributed by atoms with van der Waals surface area (Å²) in [4.78, 5) is 0. The lowest BCUT2D eigenvalue weighted by molar-refractivity contribution is -0.248. The van der Waals surface area contributed by atoms with E-state index in [0.717, 1.165) is 103 Å². The van der Waals surface area contributed by atoms with Gasteiger partial charge in [-0.15, -0.1) is 0 Å². The summed E-state index contributed by atoms with van der Waals surface area (Å²) in [5.74, 6) is 0.388. The molecule has 4 rings (SSSR count). The summed E-state index contributed by atoms with van der Waals surface area (Å²) < 4.78 is 25.3. The zero-order valence-corrected chi connectivity index (χ0v) is 19.1. The van der Waals surface area contributed by atoms with Crippen LogP contribution in [0.2, 0.25) is 0 Å². The van der Waals surface area contributed by atoms with Crippen LogP contribution in [0.3, 0.4) is 0 Å². The van der Waals surface area contributed by atoms with Crippen LogP contribution in [0, 0.1) is 5.92 Å². The number of unbranched alkanes of at least 4 members (excludes halogenated alkanes) is 1. The number of rotatable bonds is 13. The van der Waals surface area contributed by atoms with Crippen molar-refractivity contribution in [3.05, 3.63) is 0 Å². The Balaban J connectivity index is 1.38. The molecule has 0 aromatic heterocycles. The normalized spacial score (nSPS) is 31.8. The molecule has 2 aliphatic heterocycles. The average molecular weight is 425 g/mol. The minimum Gasteiger partial charge on any atom is -0.393 e. The van der Waals surface area contributed by atoms with Gasteiger partial charge in [-0.25, -0.2) is 0 Å². The van der Waals surface area contributed by atoms with Gasteiger partial charge in [0, 0.05) is 19.1 Å². The number of hydrogen-bond donors (Lipinski definition) is 1. The molecule has 2 saturated heterocycles. The van der Waals surface area contributed by atoms with E-state index in [9.17, 15) is 5.11 Å². The van der Waals surface area contributed by atoms with Crippen LogP contribution < -0.4 is 0 Å². The predicted molar refractivity (Wildman–Crippen MR) is 116 cm³/mol. The molecule has 3 unspecified atom stereocenters. The zero-order valence-electron chi connectivity index (χ0n) is 19.1. The summed E-state index contributed by atoms with van der Waals surface area (Å²) in [5.41, 5.74) is -0.164. The molecule has 0 aromatic carbocycles. The van der Waals surface area contributed by atoms with E-state index in [1.807, 2.05) is 0 Å². The van der Waals surface area contributed by atoms with Gasteiger partial charge in [0.1, 0.15) is 0 Å². The molecule has 174 valence electrons. The first-order chi connectivity index (χ1) is 14.7. The minimum atomic E-state index is -0.166. The Hall–Kier alpha value is -0.200. The first-order valence-corrected chi connectivity index (χ1v) is 12.9.